The van der Waals surface area contributed by atoms with Gasteiger partial charge < -0.3 is 20.3 Å². The summed E-state index contributed by atoms with van der Waals surface area (Å²) in [5.74, 6) is -1.82. The number of hydrogen-bond acceptors (Lipinski definition) is 4. The highest BCUT2D eigenvalue weighted by Crippen LogP contribution is 2.13. The van der Waals surface area contributed by atoms with E-state index in [1.54, 1.807) is 13.8 Å². The van der Waals surface area contributed by atoms with E-state index in [4.69, 9.17) is 14.9 Å². The topological polar surface area (TPSA) is 95.9 Å². The Kier molecular flexibility index (Phi) is 5.24. The van der Waals surface area contributed by atoms with Crippen LogP contribution in [0, 0.1) is 0 Å². The minimum Gasteiger partial charge on any atom is -0.480 e. The zero-order valence-corrected chi connectivity index (χ0v) is 9.11. The third-order valence-corrected chi connectivity index (χ3v) is 2.39. The van der Waals surface area contributed by atoms with Gasteiger partial charge in [0.1, 0.15) is 11.6 Å². The molecule has 6 nitrogen and oxygen atoms in total. The summed E-state index contributed by atoms with van der Waals surface area (Å²) in [5, 5.41) is 19.5. The molecule has 0 aromatic rings. The Labute approximate surface area is 88.2 Å². The number of hydrogen-bond donors (Lipinski definition) is 3. The number of methoxy groups -OCH3 is 1. The van der Waals surface area contributed by atoms with Crippen LogP contribution in [0.15, 0.2) is 0 Å². The summed E-state index contributed by atoms with van der Waals surface area (Å²) < 4.78 is 4.99. The molecular formula is C9H17NO5. The van der Waals surface area contributed by atoms with Gasteiger partial charge in [0.05, 0.1) is 6.61 Å². The van der Waals surface area contributed by atoms with Crippen LogP contribution in [0.3, 0.4) is 0 Å². The van der Waals surface area contributed by atoms with Gasteiger partial charge in [-0.3, -0.25) is 4.79 Å². The van der Waals surface area contributed by atoms with Crippen molar-refractivity contribution in [1.29, 1.82) is 0 Å². The smallest absolute Gasteiger partial charge is 0.328 e. The first-order valence-electron chi connectivity index (χ1n) is 4.61. The second-order valence-corrected chi connectivity index (χ2v) is 3.34. The van der Waals surface area contributed by atoms with Gasteiger partial charge in [-0.25, -0.2) is 4.79 Å². The van der Waals surface area contributed by atoms with Gasteiger partial charge in [-0.15, -0.1) is 0 Å². The first-order chi connectivity index (χ1) is 6.91. The van der Waals surface area contributed by atoms with E-state index in [1.165, 1.54) is 7.11 Å². The van der Waals surface area contributed by atoms with Crippen LogP contribution in [-0.2, 0) is 14.3 Å². The molecule has 0 radical (unpaired) electrons. The SMILES string of the molecule is CCC(C)(OC)C(=O)N[C@@H](CO)C(=O)O. The van der Waals surface area contributed by atoms with Crippen molar-refractivity contribution >= 4 is 11.9 Å². The maximum absolute atomic E-state index is 11.6. The molecule has 0 saturated heterocycles. The fourth-order valence-electron chi connectivity index (χ4n) is 0.894. The van der Waals surface area contributed by atoms with Crippen molar-refractivity contribution in [2.24, 2.45) is 0 Å². The van der Waals surface area contributed by atoms with Crippen molar-refractivity contribution in [3.8, 4) is 0 Å². The van der Waals surface area contributed by atoms with E-state index in [0.29, 0.717) is 6.42 Å². The van der Waals surface area contributed by atoms with E-state index in [2.05, 4.69) is 5.32 Å². The molecule has 0 aromatic heterocycles. The standard InChI is InChI=1S/C9H17NO5/c1-4-9(2,15-3)8(14)10-6(5-11)7(12)13/h6,11H,4-5H2,1-3H3,(H,10,14)(H,12,13)/t6-,9?/m0/s1. The van der Waals surface area contributed by atoms with Crippen LogP contribution < -0.4 is 5.32 Å². The summed E-state index contributed by atoms with van der Waals surface area (Å²) in [6.45, 7) is 2.65. The second-order valence-electron chi connectivity index (χ2n) is 3.34. The van der Waals surface area contributed by atoms with Gasteiger partial charge in [0, 0.05) is 7.11 Å². The number of carbonyl (C=O) groups excluding carboxylic acids is 1. The first kappa shape index (κ1) is 13.9. The lowest BCUT2D eigenvalue weighted by atomic mass is 10.0. The van der Waals surface area contributed by atoms with Crippen molar-refractivity contribution in [3.63, 3.8) is 0 Å². The average molecular weight is 219 g/mol. The Morgan fingerprint density at radius 1 is 1.53 bits per heavy atom. The van der Waals surface area contributed by atoms with E-state index in [0.717, 1.165) is 0 Å². The number of carboxylic acids is 1. The second kappa shape index (κ2) is 5.67. The van der Waals surface area contributed by atoms with Gasteiger partial charge in [0.15, 0.2) is 0 Å². The van der Waals surface area contributed by atoms with Gasteiger partial charge in [0.25, 0.3) is 5.91 Å². The molecule has 0 saturated carbocycles. The van der Waals surface area contributed by atoms with Crippen molar-refractivity contribution in [2.45, 2.75) is 31.9 Å². The number of nitrogens with one attached hydrogen (secondary N) is 1. The van der Waals surface area contributed by atoms with Crippen LogP contribution >= 0.6 is 0 Å². The summed E-state index contributed by atoms with van der Waals surface area (Å²) in [6, 6.07) is -1.29. The molecule has 0 aliphatic carbocycles. The Morgan fingerprint density at radius 2 is 2.07 bits per heavy atom. The lowest BCUT2D eigenvalue weighted by Gasteiger charge is -2.26. The predicted molar refractivity (Wildman–Crippen MR) is 52.4 cm³/mol. The number of carbonyl (C=O) groups is 2. The Balaban J connectivity index is 4.52. The fraction of sp³-hybridized carbons (Fsp3) is 0.778. The number of ether oxygens (including phenoxy) is 1. The highest BCUT2D eigenvalue weighted by atomic mass is 16.5. The van der Waals surface area contributed by atoms with Crippen molar-refractivity contribution < 1.29 is 24.5 Å². The molecule has 0 fully saturated rings. The molecule has 1 unspecified atom stereocenters. The molecule has 6 heteroatoms. The molecule has 0 heterocycles. The highest BCUT2D eigenvalue weighted by molar-refractivity contribution is 5.89. The van der Waals surface area contributed by atoms with Gasteiger partial charge in [-0.1, -0.05) is 6.92 Å². The molecule has 0 aliphatic heterocycles. The molecule has 2 atom stereocenters. The monoisotopic (exact) mass is 219 g/mol. The largest absolute Gasteiger partial charge is 0.480 e. The number of aliphatic hydroxyl groups excluding tert-OH is 1. The third kappa shape index (κ3) is 3.49. The lowest BCUT2D eigenvalue weighted by molar-refractivity contribution is -0.149. The number of amides is 1. The maximum Gasteiger partial charge on any atom is 0.328 e. The maximum atomic E-state index is 11.6. The quantitative estimate of drug-likeness (QED) is 0.552. The third-order valence-electron chi connectivity index (χ3n) is 2.39. The summed E-state index contributed by atoms with van der Waals surface area (Å²) in [5.41, 5.74) is -1.07. The summed E-state index contributed by atoms with van der Waals surface area (Å²) in [6.07, 6.45) is 0.410. The number of aliphatic carboxylic acids is 1. The van der Waals surface area contributed by atoms with Crippen LogP contribution in [0.25, 0.3) is 0 Å². The Hall–Kier alpha value is -1.14. The molecule has 88 valence electrons. The average Bonchev–Trinajstić information content (AvgIpc) is 2.23. The number of aliphatic hydroxyl groups is 1. The van der Waals surface area contributed by atoms with Crippen molar-refractivity contribution in [1.82, 2.24) is 5.32 Å². The van der Waals surface area contributed by atoms with Crippen LogP contribution in [-0.4, -0.2) is 47.4 Å². The number of rotatable bonds is 6. The predicted octanol–water partition coefficient (Wildman–Crippen LogP) is -0.637. The molecular weight excluding hydrogens is 202 g/mol. The van der Waals surface area contributed by atoms with E-state index >= 15 is 0 Å². The van der Waals surface area contributed by atoms with Crippen molar-refractivity contribution in [2.75, 3.05) is 13.7 Å². The first-order valence-corrected chi connectivity index (χ1v) is 4.61. The summed E-state index contributed by atoms with van der Waals surface area (Å²) in [7, 11) is 1.37. The fourth-order valence-corrected chi connectivity index (χ4v) is 0.894. The molecule has 1 amide bonds. The zero-order chi connectivity index (χ0) is 12.1. The van der Waals surface area contributed by atoms with Gasteiger partial charge >= 0.3 is 5.97 Å². The molecule has 0 aliphatic rings. The molecule has 0 spiro atoms. The normalized spacial score (nSPS) is 16.5. The van der Waals surface area contributed by atoms with Crippen LogP contribution in [0.5, 0.6) is 0 Å². The van der Waals surface area contributed by atoms with Gasteiger partial charge in [-0.05, 0) is 13.3 Å². The Morgan fingerprint density at radius 3 is 2.33 bits per heavy atom. The Bertz CT molecular complexity index is 237. The van der Waals surface area contributed by atoms with Crippen LogP contribution in [0.2, 0.25) is 0 Å². The molecule has 0 bridgehead atoms. The van der Waals surface area contributed by atoms with E-state index in [1.807, 2.05) is 0 Å². The molecule has 0 rings (SSSR count). The lowest BCUT2D eigenvalue weighted by Crippen LogP contribution is -2.52. The van der Waals surface area contributed by atoms with Crippen LogP contribution in [0.4, 0.5) is 0 Å². The summed E-state index contributed by atoms with van der Waals surface area (Å²) in [4.78, 5) is 22.1. The minimum atomic E-state index is -1.29. The summed E-state index contributed by atoms with van der Waals surface area (Å²) >= 11 is 0. The molecule has 0 aromatic carbocycles. The number of carboxylic acid groups (broad SMARTS) is 1. The minimum absolute atomic E-state index is 0.410. The van der Waals surface area contributed by atoms with Crippen LogP contribution in [0.1, 0.15) is 20.3 Å². The molecule has 3 N–H and O–H groups in total. The van der Waals surface area contributed by atoms with Crippen molar-refractivity contribution in [3.05, 3.63) is 0 Å². The van der Waals surface area contributed by atoms with E-state index in [9.17, 15) is 9.59 Å². The van der Waals surface area contributed by atoms with E-state index < -0.39 is 30.1 Å². The highest BCUT2D eigenvalue weighted by Gasteiger charge is 2.33. The van der Waals surface area contributed by atoms with Gasteiger partial charge in [0.2, 0.25) is 0 Å². The molecule has 15 heavy (non-hydrogen) atoms. The van der Waals surface area contributed by atoms with Gasteiger partial charge in [-0.2, -0.15) is 0 Å². The van der Waals surface area contributed by atoms with E-state index in [-0.39, 0.29) is 0 Å². The zero-order valence-electron chi connectivity index (χ0n) is 9.11.